The monoisotopic (exact) mass is 487 g/mol. The first-order chi connectivity index (χ1) is 16.0. The number of hydrogen-bond acceptors (Lipinski definition) is 7. The van der Waals surface area contributed by atoms with Crippen LogP contribution in [0.15, 0.2) is 59.0 Å². The highest BCUT2D eigenvalue weighted by Crippen LogP contribution is 2.39. The molecule has 1 saturated heterocycles. The molecule has 0 radical (unpaired) electrons. The van der Waals surface area contributed by atoms with Gasteiger partial charge in [-0.3, -0.25) is 9.59 Å². The molecule has 2 aromatic carbocycles. The maximum atomic E-state index is 13.0. The van der Waals surface area contributed by atoms with E-state index in [2.05, 4.69) is 0 Å². The van der Waals surface area contributed by atoms with Gasteiger partial charge in [0.25, 0.3) is 11.7 Å². The fourth-order valence-electron chi connectivity index (χ4n) is 3.70. The van der Waals surface area contributed by atoms with Crippen LogP contribution in [0, 0.1) is 0 Å². The fraction of sp³-hybridized carbons (Fsp3) is 0.333. The summed E-state index contributed by atoms with van der Waals surface area (Å²) in [5.74, 6) is -1.23. The van der Waals surface area contributed by atoms with Crippen LogP contribution in [-0.2, 0) is 19.6 Å². The number of nitrogens with zero attached hydrogens (tertiary/aromatic N) is 3. The summed E-state index contributed by atoms with van der Waals surface area (Å²) in [6.45, 7) is 0.807. The van der Waals surface area contributed by atoms with E-state index in [-0.39, 0.29) is 28.3 Å². The van der Waals surface area contributed by atoms with Crippen LogP contribution in [0.3, 0.4) is 0 Å². The summed E-state index contributed by atoms with van der Waals surface area (Å²) in [5, 5.41) is 11.1. The molecule has 0 bridgehead atoms. The molecule has 1 aliphatic heterocycles. The number of likely N-dealkylation sites (tertiary alicyclic amines) is 1. The van der Waals surface area contributed by atoms with Crippen LogP contribution in [0.1, 0.15) is 17.2 Å². The van der Waals surface area contributed by atoms with Gasteiger partial charge in [0.05, 0.1) is 23.6 Å². The van der Waals surface area contributed by atoms with Crippen LogP contribution in [0.5, 0.6) is 5.75 Å². The maximum absolute atomic E-state index is 13.0. The van der Waals surface area contributed by atoms with Gasteiger partial charge in [-0.2, -0.15) is 0 Å². The van der Waals surface area contributed by atoms with Crippen molar-refractivity contribution in [2.24, 2.45) is 0 Å². The zero-order valence-corrected chi connectivity index (χ0v) is 20.7. The molecule has 2 aromatic rings. The standard InChI is InChI=1S/C24H29N3O6S/c1-25(2)14-15-27-21(16-6-10-18(33-5)11-7-16)20(23(29)24(27)30)22(28)17-8-12-19(13-9-17)34(31,32)26(3)4/h6-13,21,28H,14-15H2,1-5H3/b22-20+/t21-/m1/s1. The molecule has 9 nitrogen and oxygen atoms in total. The van der Waals surface area contributed by atoms with Gasteiger partial charge in [0.15, 0.2) is 0 Å². The van der Waals surface area contributed by atoms with E-state index in [1.165, 1.54) is 43.3 Å². The van der Waals surface area contributed by atoms with Crippen molar-refractivity contribution in [1.29, 1.82) is 0 Å². The molecule has 1 amide bonds. The summed E-state index contributed by atoms with van der Waals surface area (Å²) in [7, 11) is 4.46. The number of ketones is 1. The summed E-state index contributed by atoms with van der Waals surface area (Å²) in [6.07, 6.45) is 0. The second kappa shape index (κ2) is 9.96. The van der Waals surface area contributed by atoms with Gasteiger partial charge in [0.1, 0.15) is 11.5 Å². The number of rotatable bonds is 8. The van der Waals surface area contributed by atoms with Gasteiger partial charge in [-0.05, 0) is 56.1 Å². The molecule has 1 heterocycles. The van der Waals surface area contributed by atoms with Crippen molar-refractivity contribution < 1.29 is 27.9 Å². The van der Waals surface area contributed by atoms with E-state index in [0.29, 0.717) is 17.9 Å². The Morgan fingerprint density at radius 3 is 2.09 bits per heavy atom. The summed E-state index contributed by atoms with van der Waals surface area (Å²) in [6, 6.07) is 11.7. The van der Waals surface area contributed by atoms with Gasteiger partial charge in [-0.25, -0.2) is 12.7 Å². The van der Waals surface area contributed by atoms with Crippen molar-refractivity contribution in [3.8, 4) is 5.75 Å². The fourth-order valence-corrected chi connectivity index (χ4v) is 4.60. The molecule has 0 aromatic heterocycles. The minimum absolute atomic E-state index is 0.0443. The first kappa shape index (κ1) is 25.4. The number of amides is 1. The molecule has 10 heteroatoms. The molecule has 0 spiro atoms. The Labute approximate surface area is 199 Å². The second-order valence-corrected chi connectivity index (χ2v) is 10.5. The quantitative estimate of drug-likeness (QED) is 0.344. The number of sulfonamides is 1. The van der Waals surface area contributed by atoms with Crippen molar-refractivity contribution in [2.75, 3.05) is 48.4 Å². The molecule has 3 rings (SSSR count). The lowest BCUT2D eigenvalue weighted by atomic mass is 9.95. The van der Waals surface area contributed by atoms with Gasteiger partial charge < -0.3 is 19.6 Å². The van der Waals surface area contributed by atoms with Gasteiger partial charge in [-0.15, -0.1) is 0 Å². The lowest BCUT2D eigenvalue weighted by molar-refractivity contribution is -0.140. The normalized spacial score (nSPS) is 18.2. The third-order valence-electron chi connectivity index (χ3n) is 5.67. The number of carbonyl (C=O) groups is 2. The molecule has 1 fully saturated rings. The lowest BCUT2D eigenvalue weighted by Gasteiger charge is -2.26. The van der Waals surface area contributed by atoms with Crippen molar-refractivity contribution in [3.63, 3.8) is 0 Å². The number of aliphatic hydroxyl groups excluding tert-OH is 1. The van der Waals surface area contributed by atoms with E-state index < -0.39 is 27.8 Å². The molecule has 1 N–H and O–H groups in total. The van der Waals surface area contributed by atoms with Crippen LogP contribution in [0.2, 0.25) is 0 Å². The molecule has 0 saturated carbocycles. The molecule has 34 heavy (non-hydrogen) atoms. The zero-order valence-electron chi connectivity index (χ0n) is 19.8. The predicted octanol–water partition coefficient (Wildman–Crippen LogP) is 1.93. The van der Waals surface area contributed by atoms with Crippen molar-refractivity contribution in [2.45, 2.75) is 10.9 Å². The lowest BCUT2D eigenvalue weighted by Crippen LogP contribution is -2.35. The summed E-state index contributed by atoms with van der Waals surface area (Å²) in [5.41, 5.74) is 0.839. The van der Waals surface area contributed by atoms with Crippen molar-refractivity contribution in [3.05, 3.63) is 65.2 Å². The molecule has 0 unspecified atom stereocenters. The van der Waals surface area contributed by atoms with Gasteiger partial charge >= 0.3 is 0 Å². The Morgan fingerprint density at radius 1 is 1.00 bits per heavy atom. The van der Waals surface area contributed by atoms with Crippen LogP contribution >= 0.6 is 0 Å². The molecule has 182 valence electrons. The summed E-state index contributed by atoms with van der Waals surface area (Å²) >= 11 is 0. The van der Waals surface area contributed by atoms with Gasteiger partial charge in [-0.1, -0.05) is 12.1 Å². The van der Waals surface area contributed by atoms with E-state index >= 15 is 0 Å². The number of carbonyl (C=O) groups excluding carboxylic acids is 2. The van der Waals surface area contributed by atoms with E-state index in [0.717, 1.165) is 4.31 Å². The van der Waals surface area contributed by atoms with Crippen molar-refractivity contribution >= 4 is 27.5 Å². The number of likely N-dealkylation sites (N-methyl/N-ethyl adjacent to an activating group) is 1. The third-order valence-corrected chi connectivity index (χ3v) is 7.50. The van der Waals surface area contributed by atoms with E-state index in [1.807, 2.05) is 19.0 Å². The summed E-state index contributed by atoms with van der Waals surface area (Å²) < 4.78 is 31.0. The topological polar surface area (TPSA) is 107 Å². The number of benzene rings is 2. The average Bonchev–Trinajstić information content (AvgIpc) is 3.07. The van der Waals surface area contributed by atoms with Gasteiger partial charge in [0.2, 0.25) is 10.0 Å². The molecule has 1 atom stereocenters. The molecular weight excluding hydrogens is 458 g/mol. The Kier molecular flexibility index (Phi) is 7.44. The molecule has 1 aliphatic rings. The first-order valence-corrected chi connectivity index (χ1v) is 12.0. The number of Topliss-reactive ketones (excluding diaryl/α,β-unsaturated/α-hetero) is 1. The minimum Gasteiger partial charge on any atom is -0.507 e. The number of methoxy groups -OCH3 is 1. The minimum atomic E-state index is -3.65. The van der Waals surface area contributed by atoms with Crippen LogP contribution in [-0.4, -0.2) is 87.7 Å². The molecule has 0 aliphatic carbocycles. The second-order valence-electron chi connectivity index (χ2n) is 8.38. The highest BCUT2D eigenvalue weighted by Gasteiger charge is 2.45. The van der Waals surface area contributed by atoms with Crippen LogP contribution < -0.4 is 4.74 Å². The number of hydrogen-bond donors (Lipinski definition) is 1. The Hall–Kier alpha value is -3.21. The van der Waals surface area contributed by atoms with E-state index in [9.17, 15) is 23.1 Å². The molecular formula is C24H29N3O6S. The SMILES string of the molecule is COc1ccc([C@@H]2/C(=C(\O)c3ccc(S(=O)(=O)N(C)C)cc3)C(=O)C(=O)N2CCN(C)C)cc1. The van der Waals surface area contributed by atoms with Gasteiger partial charge in [0, 0.05) is 32.7 Å². The summed E-state index contributed by atoms with van der Waals surface area (Å²) in [4.78, 5) is 29.4. The Bertz CT molecular complexity index is 1200. The zero-order chi connectivity index (χ0) is 25.2. The van der Waals surface area contributed by atoms with Crippen LogP contribution in [0.4, 0.5) is 0 Å². The largest absolute Gasteiger partial charge is 0.507 e. The van der Waals surface area contributed by atoms with E-state index in [1.54, 1.807) is 31.4 Å². The Morgan fingerprint density at radius 2 is 1.59 bits per heavy atom. The average molecular weight is 488 g/mol. The maximum Gasteiger partial charge on any atom is 0.295 e. The van der Waals surface area contributed by atoms with Crippen LogP contribution in [0.25, 0.3) is 5.76 Å². The highest BCUT2D eigenvalue weighted by molar-refractivity contribution is 7.89. The van der Waals surface area contributed by atoms with Crippen molar-refractivity contribution in [1.82, 2.24) is 14.1 Å². The number of aliphatic hydroxyl groups is 1. The van der Waals surface area contributed by atoms with E-state index in [4.69, 9.17) is 4.74 Å². The first-order valence-electron chi connectivity index (χ1n) is 10.6. The third kappa shape index (κ3) is 4.84. The predicted molar refractivity (Wildman–Crippen MR) is 128 cm³/mol. The number of ether oxygens (including phenoxy) is 1. The Balaban J connectivity index is 2.11. The highest BCUT2D eigenvalue weighted by atomic mass is 32.2. The smallest absolute Gasteiger partial charge is 0.295 e.